The van der Waals surface area contributed by atoms with Gasteiger partial charge in [-0.2, -0.15) is 0 Å². The third kappa shape index (κ3) is 5.72. The monoisotopic (exact) mass is 363 g/mol. The van der Waals surface area contributed by atoms with Crippen LogP contribution in [0.25, 0.3) is 0 Å². The lowest BCUT2D eigenvalue weighted by Gasteiger charge is -2.31. The van der Waals surface area contributed by atoms with E-state index in [1.165, 1.54) is 0 Å². The Morgan fingerprint density at radius 3 is 2.50 bits per heavy atom. The molecule has 2 aliphatic rings. The largest absolute Gasteiger partial charge is 0.444 e. The minimum atomic E-state index is -0.274. The second kappa shape index (κ2) is 8.53. The van der Waals surface area contributed by atoms with Crippen molar-refractivity contribution in [2.45, 2.75) is 52.1 Å². The van der Waals surface area contributed by atoms with Crippen LogP contribution in [-0.2, 0) is 11.3 Å². The lowest BCUT2D eigenvalue weighted by molar-refractivity contribution is -0.120. The molecule has 0 radical (unpaired) electrons. The fourth-order valence-corrected chi connectivity index (χ4v) is 3.11. The van der Waals surface area contributed by atoms with Gasteiger partial charge < -0.3 is 20.4 Å². The van der Waals surface area contributed by atoms with Gasteiger partial charge in [0.05, 0.1) is 18.8 Å². The van der Waals surface area contributed by atoms with Crippen molar-refractivity contribution in [3.8, 4) is 0 Å². The molecule has 3 amide bonds. The van der Waals surface area contributed by atoms with Gasteiger partial charge in [-0.05, 0) is 58.5 Å². The summed E-state index contributed by atoms with van der Waals surface area (Å²) < 4.78 is 5.65. The zero-order valence-corrected chi connectivity index (χ0v) is 15.6. The summed E-state index contributed by atoms with van der Waals surface area (Å²) in [6, 6.07) is 0.0471. The van der Waals surface area contributed by atoms with Crippen molar-refractivity contribution in [3.05, 3.63) is 17.3 Å². The number of hydrogen-bond donors (Lipinski definition) is 3. The van der Waals surface area contributed by atoms with Gasteiger partial charge in [0.25, 0.3) is 0 Å². The fourth-order valence-electron chi connectivity index (χ4n) is 3.11. The molecule has 8 heteroatoms. The molecule has 144 valence electrons. The molecule has 1 saturated carbocycles. The lowest BCUT2D eigenvalue weighted by atomic mass is 9.97. The van der Waals surface area contributed by atoms with E-state index in [0.29, 0.717) is 18.5 Å². The van der Waals surface area contributed by atoms with E-state index < -0.39 is 0 Å². The van der Waals surface area contributed by atoms with E-state index in [2.05, 4.69) is 25.8 Å². The number of amides is 3. The highest BCUT2D eigenvalue weighted by atomic mass is 16.4. The molecule has 0 spiro atoms. The van der Waals surface area contributed by atoms with Gasteiger partial charge in [0.1, 0.15) is 5.76 Å². The van der Waals surface area contributed by atoms with Crippen LogP contribution in [0.4, 0.5) is 4.79 Å². The number of aryl methyl sites for hydroxylation is 2. The number of piperidine rings is 1. The van der Waals surface area contributed by atoms with Crippen LogP contribution in [0.1, 0.15) is 43.0 Å². The maximum atomic E-state index is 11.8. The number of nitrogens with zero attached hydrogens (tertiary/aromatic N) is 2. The van der Waals surface area contributed by atoms with Crippen molar-refractivity contribution in [1.82, 2.24) is 25.8 Å². The lowest BCUT2D eigenvalue weighted by Crippen LogP contribution is -2.45. The Labute approximate surface area is 154 Å². The SMILES string of the molecule is Cc1nc(CN2CCC(CNC(=O)NCC(=O)NC3CC3)CC2)oc1C. The summed E-state index contributed by atoms with van der Waals surface area (Å²) in [5.74, 6) is 2.01. The summed E-state index contributed by atoms with van der Waals surface area (Å²) >= 11 is 0. The molecule has 1 aliphatic heterocycles. The zero-order chi connectivity index (χ0) is 18.5. The van der Waals surface area contributed by atoms with Crippen LogP contribution in [0.15, 0.2) is 4.42 Å². The molecule has 26 heavy (non-hydrogen) atoms. The minimum absolute atomic E-state index is 0.0375. The van der Waals surface area contributed by atoms with E-state index in [4.69, 9.17) is 4.42 Å². The molecule has 0 unspecified atom stereocenters. The highest BCUT2D eigenvalue weighted by molar-refractivity contribution is 5.84. The maximum Gasteiger partial charge on any atom is 0.315 e. The Balaban J connectivity index is 1.28. The summed E-state index contributed by atoms with van der Waals surface area (Å²) in [7, 11) is 0. The second-order valence-electron chi connectivity index (χ2n) is 7.37. The number of aromatic nitrogens is 1. The predicted octanol–water partition coefficient (Wildman–Crippen LogP) is 1.08. The Morgan fingerprint density at radius 2 is 1.88 bits per heavy atom. The first-order valence-electron chi connectivity index (χ1n) is 9.46. The standard InChI is InChI=1S/C18H29N5O3/c1-12-13(2)26-17(21-12)11-23-7-5-14(6-8-23)9-19-18(25)20-10-16(24)22-15-3-4-15/h14-15H,3-11H2,1-2H3,(H,22,24)(H2,19,20,25). The highest BCUT2D eigenvalue weighted by Gasteiger charge is 2.24. The topological polar surface area (TPSA) is 99.5 Å². The molecule has 1 aromatic heterocycles. The molecule has 1 aromatic rings. The van der Waals surface area contributed by atoms with Gasteiger partial charge in [-0.25, -0.2) is 9.78 Å². The number of nitrogens with one attached hydrogen (secondary N) is 3. The van der Waals surface area contributed by atoms with E-state index in [1.54, 1.807) is 0 Å². The zero-order valence-electron chi connectivity index (χ0n) is 15.6. The summed E-state index contributed by atoms with van der Waals surface area (Å²) in [4.78, 5) is 30.1. The van der Waals surface area contributed by atoms with Gasteiger partial charge in [-0.15, -0.1) is 0 Å². The van der Waals surface area contributed by atoms with E-state index in [1.807, 2.05) is 13.8 Å². The van der Waals surface area contributed by atoms with Crippen LogP contribution in [0, 0.1) is 19.8 Å². The van der Waals surface area contributed by atoms with Crippen LogP contribution in [-0.4, -0.2) is 54.0 Å². The van der Waals surface area contributed by atoms with Gasteiger partial charge in [-0.1, -0.05) is 0 Å². The van der Waals surface area contributed by atoms with Crippen molar-refractivity contribution < 1.29 is 14.0 Å². The van der Waals surface area contributed by atoms with E-state index in [9.17, 15) is 9.59 Å². The molecule has 2 heterocycles. The van der Waals surface area contributed by atoms with Gasteiger partial charge >= 0.3 is 6.03 Å². The molecule has 3 N–H and O–H groups in total. The summed E-state index contributed by atoms with van der Waals surface area (Å²) in [5.41, 5.74) is 0.955. The Morgan fingerprint density at radius 1 is 1.15 bits per heavy atom. The predicted molar refractivity (Wildman–Crippen MR) is 96.5 cm³/mol. The number of carbonyl (C=O) groups is 2. The number of urea groups is 1. The van der Waals surface area contributed by atoms with Crippen molar-refractivity contribution in [3.63, 3.8) is 0 Å². The number of rotatable bonds is 7. The maximum absolute atomic E-state index is 11.8. The molecular formula is C18H29N5O3. The first-order valence-corrected chi connectivity index (χ1v) is 9.46. The van der Waals surface area contributed by atoms with E-state index >= 15 is 0 Å². The Bertz CT molecular complexity index is 613. The average molecular weight is 363 g/mol. The molecule has 0 aromatic carbocycles. The van der Waals surface area contributed by atoms with Gasteiger partial charge in [0.2, 0.25) is 11.8 Å². The van der Waals surface area contributed by atoms with Crippen LogP contribution >= 0.6 is 0 Å². The first-order chi connectivity index (χ1) is 12.5. The van der Waals surface area contributed by atoms with Crippen molar-refractivity contribution >= 4 is 11.9 Å². The summed E-state index contributed by atoms with van der Waals surface area (Å²) in [6.45, 7) is 7.25. The van der Waals surface area contributed by atoms with Gasteiger partial charge in [0.15, 0.2) is 0 Å². The first kappa shape index (κ1) is 18.7. The molecule has 2 fully saturated rings. The highest BCUT2D eigenvalue weighted by Crippen LogP contribution is 2.19. The third-order valence-electron chi connectivity index (χ3n) is 5.04. The smallest absolute Gasteiger partial charge is 0.315 e. The molecule has 0 atom stereocenters. The summed E-state index contributed by atoms with van der Waals surface area (Å²) in [5, 5.41) is 8.33. The van der Waals surface area contributed by atoms with Crippen molar-refractivity contribution in [2.24, 2.45) is 5.92 Å². The molecule has 1 aliphatic carbocycles. The number of oxazole rings is 1. The van der Waals surface area contributed by atoms with Crippen LogP contribution < -0.4 is 16.0 Å². The number of carbonyl (C=O) groups excluding carboxylic acids is 2. The van der Waals surface area contributed by atoms with Crippen LogP contribution in [0.2, 0.25) is 0 Å². The molecule has 3 rings (SSSR count). The Kier molecular flexibility index (Phi) is 6.13. The van der Waals surface area contributed by atoms with Crippen LogP contribution in [0.5, 0.6) is 0 Å². The molecule has 0 bridgehead atoms. The van der Waals surface area contributed by atoms with Gasteiger partial charge in [0, 0.05) is 12.6 Å². The number of likely N-dealkylation sites (tertiary alicyclic amines) is 1. The van der Waals surface area contributed by atoms with E-state index in [-0.39, 0.29) is 18.5 Å². The number of hydrogen-bond acceptors (Lipinski definition) is 5. The molecule has 8 nitrogen and oxygen atoms in total. The normalized spacial score (nSPS) is 18.5. The fraction of sp³-hybridized carbons (Fsp3) is 0.722. The van der Waals surface area contributed by atoms with Crippen molar-refractivity contribution in [1.29, 1.82) is 0 Å². The average Bonchev–Trinajstić information content (AvgIpc) is 3.37. The molecular weight excluding hydrogens is 334 g/mol. The third-order valence-corrected chi connectivity index (χ3v) is 5.04. The van der Waals surface area contributed by atoms with Crippen molar-refractivity contribution in [2.75, 3.05) is 26.2 Å². The second-order valence-corrected chi connectivity index (χ2v) is 7.37. The minimum Gasteiger partial charge on any atom is -0.444 e. The quantitative estimate of drug-likeness (QED) is 0.673. The van der Waals surface area contributed by atoms with Gasteiger partial charge in [-0.3, -0.25) is 9.69 Å². The van der Waals surface area contributed by atoms with E-state index in [0.717, 1.165) is 62.7 Å². The molecule has 1 saturated heterocycles. The van der Waals surface area contributed by atoms with Crippen LogP contribution in [0.3, 0.4) is 0 Å². The summed E-state index contributed by atoms with van der Waals surface area (Å²) in [6.07, 6.45) is 4.15. The Hall–Kier alpha value is -2.09.